The van der Waals surface area contributed by atoms with Gasteiger partial charge in [-0.05, 0) is 29.8 Å². The first-order chi connectivity index (χ1) is 9.91. The van der Waals surface area contributed by atoms with Crippen molar-refractivity contribution in [1.82, 2.24) is 4.98 Å². The first kappa shape index (κ1) is 15.1. The lowest BCUT2D eigenvalue weighted by molar-refractivity contribution is -0.137. The summed E-state index contributed by atoms with van der Waals surface area (Å²) in [5, 5.41) is 12.0. The van der Waals surface area contributed by atoms with E-state index in [4.69, 9.17) is 16.9 Å². The summed E-state index contributed by atoms with van der Waals surface area (Å²) in [6.45, 7) is 0.255. The predicted molar refractivity (Wildman–Crippen MR) is 72.7 cm³/mol. The van der Waals surface area contributed by atoms with Gasteiger partial charge in [0.05, 0.1) is 22.2 Å². The number of pyridine rings is 1. The quantitative estimate of drug-likeness (QED) is 0.922. The van der Waals surface area contributed by atoms with Crippen LogP contribution in [0.15, 0.2) is 36.7 Å². The van der Waals surface area contributed by atoms with Crippen molar-refractivity contribution in [2.45, 2.75) is 12.7 Å². The average molecular weight is 312 g/mol. The van der Waals surface area contributed by atoms with Gasteiger partial charge in [-0.1, -0.05) is 11.6 Å². The molecule has 1 heterocycles. The highest BCUT2D eigenvalue weighted by Crippen LogP contribution is 2.33. The molecule has 0 amide bonds. The molecule has 2 aromatic rings. The minimum atomic E-state index is -4.57. The molecular formula is C14H9ClF3N3. The normalized spacial score (nSPS) is 11.0. The molecule has 1 N–H and O–H groups in total. The number of nitrogens with one attached hydrogen (secondary N) is 1. The second kappa shape index (κ2) is 6.02. The Morgan fingerprint density at radius 3 is 2.67 bits per heavy atom. The van der Waals surface area contributed by atoms with E-state index >= 15 is 0 Å². The van der Waals surface area contributed by atoms with E-state index in [2.05, 4.69) is 10.3 Å². The van der Waals surface area contributed by atoms with Crippen LogP contribution in [-0.2, 0) is 12.7 Å². The molecule has 0 aliphatic rings. The Morgan fingerprint density at radius 2 is 2.05 bits per heavy atom. The van der Waals surface area contributed by atoms with Gasteiger partial charge >= 0.3 is 6.18 Å². The number of benzene rings is 1. The van der Waals surface area contributed by atoms with Gasteiger partial charge in [-0.25, -0.2) is 0 Å². The monoisotopic (exact) mass is 311 g/mol. The molecule has 0 fully saturated rings. The Hall–Kier alpha value is -2.26. The molecule has 0 atom stereocenters. The number of halogens is 4. The molecule has 108 valence electrons. The number of alkyl halides is 3. The summed E-state index contributed by atoms with van der Waals surface area (Å²) < 4.78 is 38.5. The second-order valence-electron chi connectivity index (χ2n) is 4.19. The largest absolute Gasteiger partial charge is 0.417 e. The molecule has 0 aliphatic heterocycles. The fraction of sp³-hybridized carbons (Fsp3) is 0.143. The number of hydrogen-bond acceptors (Lipinski definition) is 3. The number of nitrogens with zero attached hydrogens (tertiary/aromatic N) is 2. The van der Waals surface area contributed by atoms with Gasteiger partial charge in [-0.15, -0.1) is 0 Å². The topological polar surface area (TPSA) is 48.7 Å². The average Bonchev–Trinajstić information content (AvgIpc) is 2.45. The molecule has 0 saturated carbocycles. The maximum Gasteiger partial charge on any atom is 0.417 e. The first-order valence-electron chi connectivity index (χ1n) is 5.85. The highest BCUT2D eigenvalue weighted by Gasteiger charge is 2.33. The van der Waals surface area contributed by atoms with Crippen molar-refractivity contribution < 1.29 is 13.2 Å². The second-order valence-corrected chi connectivity index (χ2v) is 4.60. The van der Waals surface area contributed by atoms with Crippen LogP contribution in [0.4, 0.5) is 18.9 Å². The fourth-order valence-electron chi connectivity index (χ4n) is 1.73. The Morgan fingerprint density at radius 1 is 1.29 bits per heavy atom. The summed E-state index contributed by atoms with van der Waals surface area (Å²) in [5.41, 5.74) is -0.399. The minimum Gasteiger partial charge on any atom is -0.381 e. The number of anilines is 1. The summed E-state index contributed by atoms with van der Waals surface area (Å²) in [6, 6.07) is 6.67. The minimum absolute atomic E-state index is 0.255. The van der Waals surface area contributed by atoms with Gasteiger partial charge in [-0.2, -0.15) is 18.4 Å². The maximum absolute atomic E-state index is 12.8. The lowest BCUT2D eigenvalue weighted by Gasteiger charge is -2.12. The van der Waals surface area contributed by atoms with Crippen LogP contribution in [0.25, 0.3) is 0 Å². The number of aromatic nitrogens is 1. The highest BCUT2D eigenvalue weighted by atomic mass is 35.5. The van der Waals surface area contributed by atoms with Crippen molar-refractivity contribution in [3.05, 3.63) is 58.4 Å². The standard InChI is InChI=1S/C14H9ClF3N3/c15-13-8-20-4-3-10(13)7-21-11-2-1-9(6-19)12(5-11)14(16,17)18/h1-5,8,21H,7H2. The van der Waals surface area contributed by atoms with Crippen LogP contribution < -0.4 is 5.32 Å². The maximum atomic E-state index is 12.8. The van der Waals surface area contributed by atoms with Gasteiger partial charge in [0.2, 0.25) is 0 Å². The lowest BCUT2D eigenvalue weighted by atomic mass is 10.1. The van der Waals surface area contributed by atoms with Crippen molar-refractivity contribution in [2.24, 2.45) is 0 Å². The van der Waals surface area contributed by atoms with E-state index in [-0.39, 0.29) is 12.2 Å². The Kier molecular flexibility index (Phi) is 4.34. The van der Waals surface area contributed by atoms with E-state index in [1.165, 1.54) is 18.3 Å². The molecule has 21 heavy (non-hydrogen) atoms. The number of hydrogen-bond donors (Lipinski definition) is 1. The van der Waals surface area contributed by atoms with E-state index in [0.29, 0.717) is 10.6 Å². The molecule has 2 rings (SSSR count). The van der Waals surface area contributed by atoms with Crippen molar-refractivity contribution in [2.75, 3.05) is 5.32 Å². The Bertz CT molecular complexity index is 693. The molecule has 0 saturated heterocycles. The van der Waals surface area contributed by atoms with Gasteiger partial charge in [0.1, 0.15) is 0 Å². The smallest absolute Gasteiger partial charge is 0.381 e. The predicted octanol–water partition coefficient (Wildman–Crippen LogP) is 4.24. The van der Waals surface area contributed by atoms with Crippen LogP contribution in [0.1, 0.15) is 16.7 Å². The molecule has 0 unspecified atom stereocenters. The van der Waals surface area contributed by atoms with Gasteiger partial charge in [-0.3, -0.25) is 4.98 Å². The van der Waals surface area contributed by atoms with Crippen molar-refractivity contribution >= 4 is 17.3 Å². The SMILES string of the molecule is N#Cc1ccc(NCc2ccncc2Cl)cc1C(F)(F)F. The van der Waals surface area contributed by atoms with E-state index in [1.54, 1.807) is 12.3 Å². The van der Waals surface area contributed by atoms with E-state index < -0.39 is 17.3 Å². The van der Waals surface area contributed by atoms with Crippen molar-refractivity contribution in [1.29, 1.82) is 5.26 Å². The molecule has 0 spiro atoms. The highest BCUT2D eigenvalue weighted by molar-refractivity contribution is 6.31. The number of rotatable bonds is 3. The van der Waals surface area contributed by atoms with Crippen molar-refractivity contribution in [3.8, 4) is 6.07 Å². The molecule has 1 aromatic carbocycles. The van der Waals surface area contributed by atoms with Crippen LogP contribution in [0, 0.1) is 11.3 Å². The summed E-state index contributed by atoms with van der Waals surface area (Å²) in [5.74, 6) is 0. The molecular weight excluding hydrogens is 303 g/mol. The zero-order valence-corrected chi connectivity index (χ0v) is 11.3. The zero-order valence-electron chi connectivity index (χ0n) is 10.6. The summed E-state index contributed by atoms with van der Waals surface area (Å²) >= 11 is 5.92. The van der Waals surface area contributed by atoms with Gasteiger partial charge in [0.25, 0.3) is 0 Å². The molecule has 0 aliphatic carbocycles. The summed E-state index contributed by atoms with van der Waals surface area (Å²) in [6.07, 6.45) is -1.57. The molecule has 0 bridgehead atoms. The van der Waals surface area contributed by atoms with Crippen LogP contribution in [0.5, 0.6) is 0 Å². The third kappa shape index (κ3) is 3.64. The van der Waals surface area contributed by atoms with Crippen LogP contribution in [0.2, 0.25) is 5.02 Å². The van der Waals surface area contributed by atoms with Gasteiger partial charge in [0, 0.05) is 24.6 Å². The van der Waals surface area contributed by atoms with Crippen LogP contribution in [-0.4, -0.2) is 4.98 Å². The van der Waals surface area contributed by atoms with E-state index in [9.17, 15) is 13.2 Å². The molecule has 1 aromatic heterocycles. The molecule has 3 nitrogen and oxygen atoms in total. The third-order valence-electron chi connectivity index (χ3n) is 2.78. The summed E-state index contributed by atoms with van der Waals surface area (Å²) in [7, 11) is 0. The van der Waals surface area contributed by atoms with Crippen molar-refractivity contribution in [3.63, 3.8) is 0 Å². The zero-order chi connectivity index (χ0) is 15.5. The van der Waals surface area contributed by atoms with Gasteiger partial charge in [0.15, 0.2) is 0 Å². The van der Waals surface area contributed by atoms with Gasteiger partial charge < -0.3 is 5.32 Å². The lowest BCUT2D eigenvalue weighted by Crippen LogP contribution is -2.09. The summed E-state index contributed by atoms with van der Waals surface area (Å²) in [4.78, 5) is 3.82. The molecule has 7 heteroatoms. The number of nitriles is 1. The first-order valence-corrected chi connectivity index (χ1v) is 6.23. The van der Waals surface area contributed by atoms with E-state index in [0.717, 1.165) is 12.1 Å². The Labute approximate surface area is 124 Å². The molecule has 0 radical (unpaired) electrons. The Balaban J connectivity index is 2.23. The van der Waals surface area contributed by atoms with Crippen LogP contribution in [0.3, 0.4) is 0 Å². The third-order valence-corrected chi connectivity index (χ3v) is 3.13. The van der Waals surface area contributed by atoms with Crippen LogP contribution >= 0.6 is 11.6 Å². The van der Waals surface area contributed by atoms with E-state index in [1.807, 2.05) is 0 Å². The fourth-order valence-corrected chi connectivity index (χ4v) is 1.92.